The van der Waals surface area contributed by atoms with Gasteiger partial charge >= 0.3 is 5.97 Å². The summed E-state index contributed by atoms with van der Waals surface area (Å²) in [6.07, 6.45) is 2.21. The van der Waals surface area contributed by atoms with Crippen molar-refractivity contribution in [1.82, 2.24) is 10.3 Å². The molecule has 0 fully saturated rings. The van der Waals surface area contributed by atoms with Gasteiger partial charge in [0.1, 0.15) is 24.2 Å². The van der Waals surface area contributed by atoms with E-state index < -0.39 is 12.0 Å². The van der Waals surface area contributed by atoms with Gasteiger partial charge in [-0.2, -0.15) is 0 Å². The minimum atomic E-state index is -0.918. The minimum Gasteiger partial charge on any atom is -0.489 e. The van der Waals surface area contributed by atoms with Gasteiger partial charge in [-0.15, -0.1) is 0 Å². The number of hydrogen-bond acceptors (Lipinski definition) is 3. The third-order valence-electron chi connectivity index (χ3n) is 5.27. The van der Waals surface area contributed by atoms with E-state index in [2.05, 4.69) is 26.2 Å². The maximum Gasteiger partial charge on any atom is 0.321 e. The van der Waals surface area contributed by atoms with E-state index >= 15 is 0 Å². The van der Waals surface area contributed by atoms with E-state index in [4.69, 9.17) is 4.74 Å². The maximum atomic E-state index is 13.1. The first-order chi connectivity index (χ1) is 15.5. The van der Waals surface area contributed by atoms with Crippen LogP contribution in [0.4, 0.5) is 4.39 Å². The molecule has 3 aromatic carbocycles. The summed E-state index contributed by atoms with van der Waals surface area (Å²) in [6.45, 7) is 0.601. The average Bonchev–Trinajstić information content (AvgIpc) is 3.19. The molecule has 0 bridgehead atoms. The van der Waals surface area contributed by atoms with Crippen molar-refractivity contribution in [2.45, 2.75) is 25.6 Å². The number of benzene rings is 3. The molecule has 0 aliphatic heterocycles. The Morgan fingerprint density at radius 3 is 2.66 bits per heavy atom. The monoisotopic (exact) mass is 496 g/mol. The Labute approximate surface area is 193 Å². The van der Waals surface area contributed by atoms with Crippen molar-refractivity contribution in [3.05, 3.63) is 99.9 Å². The van der Waals surface area contributed by atoms with Crippen LogP contribution in [0.1, 0.15) is 16.7 Å². The summed E-state index contributed by atoms with van der Waals surface area (Å²) in [5.41, 5.74) is 3.60. The number of carboxylic acid groups (broad SMARTS) is 1. The van der Waals surface area contributed by atoms with Gasteiger partial charge in [0.25, 0.3) is 0 Å². The molecule has 1 aromatic heterocycles. The SMILES string of the molecule is O=C(O)C(Cc1c[nH]c2ccccc12)NCc1cc(Br)ccc1OCc1ccc(F)cc1. The molecule has 0 saturated heterocycles. The van der Waals surface area contributed by atoms with Crippen molar-refractivity contribution in [3.63, 3.8) is 0 Å². The van der Waals surface area contributed by atoms with Crippen LogP contribution in [0.25, 0.3) is 10.9 Å². The molecule has 0 spiro atoms. The predicted octanol–water partition coefficient (Wildman–Crippen LogP) is 5.43. The van der Waals surface area contributed by atoms with Crippen LogP contribution in [0.15, 0.2) is 77.4 Å². The molecule has 4 rings (SSSR count). The molecule has 3 N–H and O–H groups in total. The first-order valence-electron chi connectivity index (χ1n) is 10.2. The van der Waals surface area contributed by atoms with Gasteiger partial charge in [0.2, 0.25) is 0 Å². The van der Waals surface area contributed by atoms with Crippen LogP contribution in [0, 0.1) is 5.82 Å². The molecule has 0 aliphatic carbocycles. The summed E-state index contributed by atoms with van der Waals surface area (Å²) in [4.78, 5) is 15.1. The van der Waals surface area contributed by atoms with E-state index in [1.807, 2.05) is 48.7 Å². The Morgan fingerprint density at radius 2 is 1.88 bits per heavy atom. The number of para-hydroxylation sites is 1. The van der Waals surface area contributed by atoms with Crippen LogP contribution in [-0.4, -0.2) is 22.1 Å². The number of aromatic nitrogens is 1. The molecule has 0 saturated carbocycles. The zero-order valence-corrected chi connectivity index (χ0v) is 18.7. The number of hydrogen-bond donors (Lipinski definition) is 3. The van der Waals surface area contributed by atoms with Crippen LogP contribution < -0.4 is 10.1 Å². The van der Waals surface area contributed by atoms with Crippen LogP contribution in [0.3, 0.4) is 0 Å². The fourth-order valence-corrected chi connectivity index (χ4v) is 3.98. The number of nitrogens with one attached hydrogen (secondary N) is 2. The molecule has 5 nitrogen and oxygen atoms in total. The van der Waals surface area contributed by atoms with Crippen molar-refractivity contribution in [2.24, 2.45) is 0 Å². The van der Waals surface area contributed by atoms with Gasteiger partial charge in [-0.3, -0.25) is 10.1 Å². The fourth-order valence-electron chi connectivity index (χ4n) is 3.57. The highest BCUT2D eigenvalue weighted by molar-refractivity contribution is 9.10. The van der Waals surface area contributed by atoms with Crippen molar-refractivity contribution < 1.29 is 19.0 Å². The number of rotatable bonds is 9. The Balaban J connectivity index is 1.46. The second-order valence-corrected chi connectivity index (χ2v) is 8.42. The first-order valence-corrected chi connectivity index (χ1v) is 11.0. The molecule has 1 heterocycles. The summed E-state index contributed by atoms with van der Waals surface area (Å²) in [6, 6.07) is 18.8. The van der Waals surface area contributed by atoms with Crippen molar-refractivity contribution in [3.8, 4) is 5.75 Å². The molecule has 1 unspecified atom stereocenters. The van der Waals surface area contributed by atoms with Crippen molar-refractivity contribution in [1.29, 1.82) is 0 Å². The zero-order valence-electron chi connectivity index (χ0n) is 17.1. The number of aromatic amines is 1. The molecule has 0 aliphatic rings. The van der Waals surface area contributed by atoms with Gasteiger partial charge in [-0.1, -0.05) is 46.3 Å². The second kappa shape index (κ2) is 9.97. The van der Waals surface area contributed by atoms with E-state index in [1.165, 1.54) is 12.1 Å². The molecule has 164 valence electrons. The van der Waals surface area contributed by atoms with Gasteiger partial charge in [-0.25, -0.2) is 4.39 Å². The number of H-pyrrole nitrogens is 1. The van der Waals surface area contributed by atoms with Gasteiger partial charge in [0, 0.05) is 40.1 Å². The molecule has 0 amide bonds. The van der Waals surface area contributed by atoms with Crippen LogP contribution in [0.2, 0.25) is 0 Å². The Kier molecular flexibility index (Phi) is 6.87. The number of fused-ring (bicyclic) bond motifs is 1. The predicted molar refractivity (Wildman–Crippen MR) is 125 cm³/mol. The highest BCUT2D eigenvalue weighted by Gasteiger charge is 2.20. The highest BCUT2D eigenvalue weighted by Crippen LogP contribution is 2.25. The molecule has 0 radical (unpaired) electrons. The lowest BCUT2D eigenvalue weighted by molar-refractivity contribution is -0.139. The van der Waals surface area contributed by atoms with Gasteiger partial charge in [-0.05, 0) is 47.5 Å². The van der Waals surface area contributed by atoms with E-state index in [0.717, 1.165) is 32.1 Å². The highest BCUT2D eigenvalue weighted by atomic mass is 79.9. The number of carboxylic acids is 1. The van der Waals surface area contributed by atoms with E-state index in [0.29, 0.717) is 18.7 Å². The Bertz CT molecular complexity index is 1220. The van der Waals surface area contributed by atoms with Gasteiger partial charge in [0.05, 0.1) is 0 Å². The van der Waals surface area contributed by atoms with E-state index in [-0.39, 0.29) is 12.4 Å². The molecule has 7 heteroatoms. The van der Waals surface area contributed by atoms with Crippen LogP contribution in [0.5, 0.6) is 5.75 Å². The first kappa shape index (κ1) is 22.0. The molecule has 1 atom stereocenters. The third kappa shape index (κ3) is 5.36. The topological polar surface area (TPSA) is 74.3 Å². The third-order valence-corrected chi connectivity index (χ3v) is 5.76. The molecule has 32 heavy (non-hydrogen) atoms. The number of carbonyl (C=O) groups is 1. The smallest absolute Gasteiger partial charge is 0.321 e. The van der Waals surface area contributed by atoms with E-state index in [1.54, 1.807) is 12.1 Å². The van der Waals surface area contributed by atoms with Crippen LogP contribution >= 0.6 is 15.9 Å². The average molecular weight is 497 g/mol. The van der Waals surface area contributed by atoms with Gasteiger partial charge < -0.3 is 14.8 Å². The van der Waals surface area contributed by atoms with E-state index in [9.17, 15) is 14.3 Å². The van der Waals surface area contributed by atoms with Crippen molar-refractivity contribution >= 4 is 32.8 Å². The fraction of sp³-hybridized carbons (Fsp3) is 0.160. The summed E-state index contributed by atoms with van der Waals surface area (Å²) >= 11 is 3.47. The lowest BCUT2D eigenvalue weighted by Crippen LogP contribution is -2.38. The van der Waals surface area contributed by atoms with Crippen molar-refractivity contribution in [2.75, 3.05) is 0 Å². The van der Waals surface area contributed by atoms with Crippen LogP contribution in [-0.2, 0) is 24.4 Å². The summed E-state index contributed by atoms with van der Waals surface area (Å²) < 4.78 is 19.9. The lowest BCUT2D eigenvalue weighted by Gasteiger charge is -2.17. The molecular formula is C25H22BrFN2O3. The molecular weight excluding hydrogens is 475 g/mol. The number of halogens is 2. The zero-order chi connectivity index (χ0) is 22.5. The Morgan fingerprint density at radius 1 is 1.09 bits per heavy atom. The Hall–Kier alpha value is -3.16. The summed E-state index contributed by atoms with van der Waals surface area (Å²) in [5, 5.41) is 13.9. The number of ether oxygens (including phenoxy) is 1. The minimum absolute atomic E-state index is 0.284. The van der Waals surface area contributed by atoms with Gasteiger partial charge in [0.15, 0.2) is 0 Å². The quantitative estimate of drug-likeness (QED) is 0.288. The summed E-state index contributed by atoms with van der Waals surface area (Å²) in [7, 11) is 0. The largest absolute Gasteiger partial charge is 0.489 e. The lowest BCUT2D eigenvalue weighted by atomic mass is 10.0. The summed E-state index contributed by atoms with van der Waals surface area (Å²) in [5.74, 6) is -0.572. The standard InChI is InChI=1S/C25H22BrFN2O3/c26-19-7-10-24(32-15-16-5-8-20(27)9-6-16)18(11-19)14-29-23(25(30)31)12-17-13-28-22-4-2-1-3-21(17)22/h1-11,13,23,28-29H,12,14-15H2,(H,30,31). The maximum absolute atomic E-state index is 13.1. The normalized spacial score (nSPS) is 12.1. The molecule has 4 aromatic rings. The number of aliphatic carboxylic acids is 1. The second-order valence-electron chi connectivity index (χ2n) is 7.50.